The van der Waals surface area contributed by atoms with Gasteiger partial charge in [0.25, 0.3) is 0 Å². The summed E-state index contributed by atoms with van der Waals surface area (Å²) in [7, 11) is 0. The van der Waals surface area contributed by atoms with E-state index in [2.05, 4.69) is 62.3 Å². The molecule has 0 aliphatic heterocycles. The van der Waals surface area contributed by atoms with E-state index >= 15 is 0 Å². The first-order chi connectivity index (χ1) is 9.74. The summed E-state index contributed by atoms with van der Waals surface area (Å²) >= 11 is 11.2. The average Bonchev–Trinajstić information content (AvgIpc) is 3.00. The highest BCUT2D eigenvalue weighted by Gasteiger charge is 2.05. The van der Waals surface area contributed by atoms with Crippen molar-refractivity contribution in [3.8, 4) is 0 Å². The van der Waals surface area contributed by atoms with Crippen LogP contribution in [0.3, 0.4) is 0 Å². The average molecular weight is 370 g/mol. The fourth-order valence-electron chi connectivity index (χ4n) is 2.24. The summed E-state index contributed by atoms with van der Waals surface area (Å²) in [5.41, 5.74) is 1.26. The summed E-state index contributed by atoms with van der Waals surface area (Å²) in [5.74, 6) is 0. The number of benzene rings is 1. The van der Waals surface area contributed by atoms with E-state index in [1.807, 2.05) is 6.07 Å². The quantitative estimate of drug-likeness (QED) is 0.632. The number of hydrogen-bond donors (Lipinski definition) is 1. The summed E-state index contributed by atoms with van der Waals surface area (Å²) in [5, 5.41) is 4.71. The second-order valence-corrected chi connectivity index (χ2v) is 7.22. The number of thiophene rings is 1. The molecule has 5 heteroatoms. The molecular formula is C15H14BrClN2S. The summed E-state index contributed by atoms with van der Waals surface area (Å²) < 4.78 is 4.27. The van der Waals surface area contributed by atoms with Crippen LogP contribution in [0.25, 0.3) is 10.9 Å². The van der Waals surface area contributed by atoms with Crippen LogP contribution in [-0.2, 0) is 13.1 Å². The zero-order valence-corrected chi connectivity index (χ0v) is 13.9. The zero-order valence-electron chi connectivity index (χ0n) is 10.8. The SMILES string of the molecule is Clc1ccc(CNCCn2cc(Br)c3ccccc32)s1. The molecule has 1 aromatic carbocycles. The molecule has 0 aliphatic rings. The van der Waals surface area contributed by atoms with Crippen LogP contribution in [0.4, 0.5) is 0 Å². The van der Waals surface area contributed by atoms with Gasteiger partial charge in [0.15, 0.2) is 0 Å². The molecule has 0 amide bonds. The van der Waals surface area contributed by atoms with E-state index < -0.39 is 0 Å². The number of rotatable bonds is 5. The van der Waals surface area contributed by atoms with Gasteiger partial charge in [0.2, 0.25) is 0 Å². The highest BCUT2D eigenvalue weighted by Crippen LogP contribution is 2.25. The maximum Gasteiger partial charge on any atom is 0.0931 e. The maximum absolute atomic E-state index is 5.92. The zero-order chi connectivity index (χ0) is 13.9. The van der Waals surface area contributed by atoms with Gasteiger partial charge in [-0.3, -0.25) is 0 Å². The molecule has 0 atom stereocenters. The van der Waals surface area contributed by atoms with Gasteiger partial charge in [-0.25, -0.2) is 0 Å². The van der Waals surface area contributed by atoms with Crippen molar-refractivity contribution in [1.82, 2.24) is 9.88 Å². The third kappa shape index (κ3) is 3.09. The summed E-state index contributed by atoms with van der Waals surface area (Å²) in [6, 6.07) is 12.4. The summed E-state index contributed by atoms with van der Waals surface area (Å²) in [6.07, 6.45) is 2.15. The Kier molecular flexibility index (Phi) is 4.46. The van der Waals surface area contributed by atoms with Crippen LogP contribution in [0.5, 0.6) is 0 Å². The molecule has 3 aromatic rings. The minimum absolute atomic E-state index is 0.849. The van der Waals surface area contributed by atoms with Crippen LogP contribution in [0.1, 0.15) is 4.88 Å². The van der Waals surface area contributed by atoms with Crippen molar-refractivity contribution in [3.63, 3.8) is 0 Å². The molecule has 1 N–H and O–H groups in total. The van der Waals surface area contributed by atoms with Gasteiger partial charge in [0.1, 0.15) is 0 Å². The standard InChI is InChI=1S/C15H14BrClN2S/c16-13-10-19(14-4-2-1-3-12(13)14)8-7-18-9-11-5-6-15(17)20-11/h1-6,10,18H,7-9H2. The molecule has 0 spiro atoms. The molecule has 0 unspecified atom stereocenters. The lowest BCUT2D eigenvalue weighted by Crippen LogP contribution is -2.18. The molecule has 2 nitrogen and oxygen atoms in total. The van der Waals surface area contributed by atoms with Gasteiger partial charge in [-0.2, -0.15) is 0 Å². The molecule has 2 heterocycles. The number of aromatic nitrogens is 1. The Hall–Kier alpha value is -0.810. The monoisotopic (exact) mass is 368 g/mol. The number of fused-ring (bicyclic) bond motifs is 1. The van der Waals surface area contributed by atoms with Crippen molar-refractivity contribution in [2.24, 2.45) is 0 Å². The normalized spacial score (nSPS) is 11.3. The molecule has 3 rings (SSSR count). The fraction of sp³-hybridized carbons (Fsp3) is 0.200. The van der Waals surface area contributed by atoms with Crippen molar-refractivity contribution in [3.05, 3.63) is 56.3 Å². The lowest BCUT2D eigenvalue weighted by molar-refractivity contribution is 0.612. The lowest BCUT2D eigenvalue weighted by atomic mass is 10.2. The Morgan fingerprint density at radius 1 is 1.20 bits per heavy atom. The molecule has 0 saturated heterocycles. The molecule has 0 fully saturated rings. The minimum atomic E-state index is 0.849. The first-order valence-corrected chi connectivity index (χ1v) is 8.41. The van der Waals surface area contributed by atoms with E-state index in [9.17, 15) is 0 Å². The Morgan fingerprint density at radius 2 is 2.05 bits per heavy atom. The number of hydrogen-bond acceptors (Lipinski definition) is 2. The van der Waals surface area contributed by atoms with Crippen LogP contribution in [0.15, 0.2) is 47.1 Å². The van der Waals surface area contributed by atoms with Gasteiger partial charge in [0, 0.05) is 46.1 Å². The van der Waals surface area contributed by atoms with E-state index in [0.29, 0.717) is 0 Å². The molecule has 0 radical (unpaired) electrons. The van der Waals surface area contributed by atoms with E-state index in [-0.39, 0.29) is 0 Å². The van der Waals surface area contributed by atoms with E-state index in [4.69, 9.17) is 11.6 Å². The van der Waals surface area contributed by atoms with Crippen molar-refractivity contribution < 1.29 is 0 Å². The van der Waals surface area contributed by atoms with Gasteiger partial charge in [0.05, 0.1) is 4.34 Å². The fourth-order valence-corrected chi connectivity index (χ4v) is 3.88. The Labute approximate surface area is 135 Å². The van der Waals surface area contributed by atoms with Crippen molar-refractivity contribution in [2.45, 2.75) is 13.1 Å². The van der Waals surface area contributed by atoms with Crippen LogP contribution >= 0.6 is 38.9 Å². The number of nitrogens with one attached hydrogen (secondary N) is 1. The second kappa shape index (κ2) is 6.31. The van der Waals surface area contributed by atoms with E-state index in [1.54, 1.807) is 11.3 Å². The first kappa shape index (κ1) is 14.1. The molecule has 20 heavy (non-hydrogen) atoms. The predicted octanol–water partition coefficient (Wildman–Crippen LogP) is 4.91. The number of halogens is 2. The smallest absolute Gasteiger partial charge is 0.0931 e. The van der Waals surface area contributed by atoms with Gasteiger partial charge in [-0.15, -0.1) is 11.3 Å². The molecule has 2 aromatic heterocycles. The molecule has 104 valence electrons. The Bertz CT molecular complexity index is 720. The topological polar surface area (TPSA) is 17.0 Å². The third-order valence-electron chi connectivity index (χ3n) is 3.20. The minimum Gasteiger partial charge on any atom is -0.345 e. The van der Waals surface area contributed by atoms with Crippen LogP contribution < -0.4 is 5.32 Å². The molecule has 0 saturated carbocycles. The molecular weight excluding hydrogens is 356 g/mol. The van der Waals surface area contributed by atoms with Crippen LogP contribution in [0, 0.1) is 0 Å². The number of nitrogens with zero attached hydrogens (tertiary/aromatic N) is 1. The van der Waals surface area contributed by atoms with E-state index in [1.165, 1.54) is 15.8 Å². The van der Waals surface area contributed by atoms with Gasteiger partial charge in [-0.05, 0) is 34.1 Å². The van der Waals surface area contributed by atoms with E-state index in [0.717, 1.165) is 28.4 Å². The van der Waals surface area contributed by atoms with Gasteiger partial charge >= 0.3 is 0 Å². The highest BCUT2D eigenvalue weighted by molar-refractivity contribution is 9.10. The third-order valence-corrected chi connectivity index (χ3v) is 5.06. The first-order valence-electron chi connectivity index (χ1n) is 6.42. The largest absolute Gasteiger partial charge is 0.345 e. The van der Waals surface area contributed by atoms with Crippen molar-refractivity contribution in [1.29, 1.82) is 0 Å². The van der Waals surface area contributed by atoms with Gasteiger partial charge in [-0.1, -0.05) is 29.8 Å². The van der Waals surface area contributed by atoms with Gasteiger partial charge < -0.3 is 9.88 Å². The summed E-state index contributed by atoms with van der Waals surface area (Å²) in [6.45, 7) is 2.75. The summed E-state index contributed by atoms with van der Waals surface area (Å²) in [4.78, 5) is 1.27. The number of para-hydroxylation sites is 1. The molecule has 0 aliphatic carbocycles. The second-order valence-electron chi connectivity index (χ2n) is 4.57. The lowest BCUT2D eigenvalue weighted by Gasteiger charge is -2.06. The molecule has 0 bridgehead atoms. The highest BCUT2D eigenvalue weighted by atomic mass is 79.9. The Balaban J connectivity index is 1.60. The van der Waals surface area contributed by atoms with Crippen LogP contribution in [-0.4, -0.2) is 11.1 Å². The van der Waals surface area contributed by atoms with Crippen LogP contribution in [0.2, 0.25) is 4.34 Å². The Morgan fingerprint density at radius 3 is 2.85 bits per heavy atom. The van der Waals surface area contributed by atoms with Crippen molar-refractivity contribution >= 4 is 49.8 Å². The maximum atomic E-state index is 5.92. The predicted molar refractivity (Wildman–Crippen MR) is 90.7 cm³/mol. The van der Waals surface area contributed by atoms with Crippen molar-refractivity contribution in [2.75, 3.05) is 6.54 Å².